The molecule has 0 spiro atoms. The molecule has 0 radical (unpaired) electrons. The van der Waals surface area contributed by atoms with Crippen LogP contribution in [0.25, 0.3) is 0 Å². The molecule has 0 aliphatic carbocycles. The molecule has 6 heteroatoms. The van der Waals surface area contributed by atoms with E-state index in [1.54, 1.807) is 97.1 Å². The van der Waals surface area contributed by atoms with Crippen LogP contribution < -0.4 is 9.47 Å². The first-order valence-electron chi connectivity index (χ1n) is 9.84. The minimum Gasteiger partial charge on any atom is -0.423 e. The Hall–Kier alpha value is -4.58. The van der Waals surface area contributed by atoms with Crippen LogP contribution in [0, 0.1) is 0 Å². The van der Waals surface area contributed by atoms with Gasteiger partial charge in [0, 0.05) is 0 Å². The number of carbonyl (C=O) groups is 2. The van der Waals surface area contributed by atoms with Crippen molar-refractivity contribution >= 4 is 23.3 Å². The lowest BCUT2D eigenvalue weighted by atomic mass is 10.2. The van der Waals surface area contributed by atoms with Crippen molar-refractivity contribution in [3.05, 3.63) is 120 Å². The summed E-state index contributed by atoms with van der Waals surface area (Å²) in [4.78, 5) is 24.2. The van der Waals surface area contributed by atoms with Crippen molar-refractivity contribution in [2.75, 3.05) is 0 Å². The van der Waals surface area contributed by atoms with E-state index in [2.05, 4.69) is 10.2 Å². The number of hydrogen-bond donors (Lipinski definition) is 0. The fraction of sp³-hybridized carbons (Fsp3) is 0. The highest BCUT2D eigenvalue weighted by molar-refractivity contribution is 5.91. The number of esters is 2. The molecule has 0 unspecified atom stereocenters. The lowest BCUT2D eigenvalue weighted by Gasteiger charge is -2.04. The van der Waals surface area contributed by atoms with Gasteiger partial charge in [0.25, 0.3) is 0 Å². The summed E-state index contributed by atoms with van der Waals surface area (Å²) < 4.78 is 10.7. The van der Waals surface area contributed by atoms with Crippen molar-refractivity contribution in [1.29, 1.82) is 0 Å². The maximum atomic E-state index is 12.1. The van der Waals surface area contributed by atoms with Crippen molar-refractivity contribution in [3.63, 3.8) is 0 Å². The van der Waals surface area contributed by atoms with E-state index >= 15 is 0 Å². The molecule has 0 fully saturated rings. The monoisotopic (exact) mass is 422 g/mol. The summed E-state index contributed by atoms with van der Waals surface area (Å²) in [6, 6.07) is 31.0. The second-order valence-electron chi connectivity index (χ2n) is 6.70. The van der Waals surface area contributed by atoms with Gasteiger partial charge in [0.2, 0.25) is 0 Å². The summed E-state index contributed by atoms with van der Waals surface area (Å²) in [5, 5.41) is 8.34. The zero-order valence-electron chi connectivity index (χ0n) is 16.9. The average molecular weight is 422 g/mol. The number of benzene rings is 4. The predicted octanol–water partition coefficient (Wildman–Crippen LogP) is 6.54. The number of ether oxygens (including phenoxy) is 2. The Kier molecular flexibility index (Phi) is 6.43. The number of hydrogen-bond acceptors (Lipinski definition) is 6. The summed E-state index contributed by atoms with van der Waals surface area (Å²) in [6.45, 7) is 0. The molecule has 0 N–H and O–H groups in total. The van der Waals surface area contributed by atoms with Crippen molar-refractivity contribution in [3.8, 4) is 11.5 Å². The molecule has 0 aliphatic rings. The normalized spacial score (nSPS) is 10.6. The lowest BCUT2D eigenvalue weighted by molar-refractivity contribution is 0.0725. The highest BCUT2D eigenvalue weighted by atomic mass is 16.5. The molecule has 0 saturated carbocycles. The molecule has 32 heavy (non-hydrogen) atoms. The van der Waals surface area contributed by atoms with Gasteiger partial charge in [-0.05, 0) is 72.8 Å². The second kappa shape index (κ2) is 9.95. The molecule has 0 aliphatic heterocycles. The van der Waals surface area contributed by atoms with Crippen LogP contribution >= 0.6 is 0 Å². The third-order valence-corrected chi connectivity index (χ3v) is 4.39. The summed E-state index contributed by atoms with van der Waals surface area (Å²) >= 11 is 0. The van der Waals surface area contributed by atoms with Gasteiger partial charge in [0.15, 0.2) is 0 Å². The Morgan fingerprint density at radius 3 is 1.16 bits per heavy atom. The number of rotatable bonds is 6. The highest BCUT2D eigenvalue weighted by Crippen LogP contribution is 2.24. The van der Waals surface area contributed by atoms with Crippen molar-refractivity contribution in [2.45, 2.75) is 0 Å². The molecule has 4 rings (SSSR count). The van der Waals surface area contributed by atoms with Crippen LogP contribution in [-0.2, 0) is 0 Å². The summed E-state index contributed by atoms with van der Waals surface area (Å²) in [6.07, 6.45) is 0. The first-order valence-corrected chi connectivity index (χ1v) is 9.84. The van der Waals surface area contributed by atoms with Crippen LogP contribution in [0.4, 0.5) is 11.4 Å². The molecule has 0 bridgehead atoms. The van der Waals surface area contributed by atoms with Crippen LogP contribution in [0.3, 0.4) is 0 Å². The fourth-order valence-corrected chi connectivity index (χ4v) is 2.76. The van der Waals surface area contributed by atoms with E-state index in [9.17, 15) is 9.59 Å². The van der Waals surface area contributed by atoms with Gasteiger partial charge in [-0.25, -0.2) is 9.59 Å². The van der Waals surface area contributed by atoms with Gasteiger partial charge in [0.1, 0.15) is 11.5 Å². The SMILES string of the molecule is O=C(Oc1ccc(N=Nc2ccc(OC(=O)c3ccccc3)cc2)cc1)c1ccccc1. The van der Waals surface area contributed by atoms with Crippen LogP contribution in [0.5, 0.6) is 11.5 Å². The average Bonchev–Trinajstić information content (AvgIpc) is 2.85. The van der Waals surface area contributed by atoms with Crippen LogP contribution in [0.1, 0.15) is 20.7 Å². The Morgan fingerprint density at radius 2 is 0.812 bits per heavy atom. The molecule has 4 aromatic carbocycles. The van der Waals surface area contributed by atoms with Crippen molar-refractivity contribution in [1.82, 2.24) is 0 Å². The number of nitrogens with zero attached hydrogens (tertiary/aromatic N) is 2. The molecular formula is C26H18N2O4. The molecule has 4 aromatic rings. The van der Waals surface area contributed by atoms with Gasteiger partial charge in [0.05, 0.1) is 22.5 Å². The molecular weight excluding hydrogens is 404 g/mol. The van der Waals surface area contributed by atoms with E-state index in [-0.39, 0.29) is 0 Å². The molecule has 0 saturated heterocycles. The van der Waals surface area contributed by atoms with E-state index < -0.39 is 11.9 Å². The van der Waals surface area contributed by atoms with Gasteiger partial charge >= 0.3 is 11.9 Å². The first-order chi connectivity index (χ1) is 15.7. The maximum absolute atomic E-state index is 12.1. The lowest BCUT2D eigenvalue weighted by Crippen LogP contribution is -2.07. The van der Waals surface area contributed by atoms with E-state index in [0.717, 1.165) is 0 Å². The Morgan fingerprint density at radius 1 is 0.469 bits per heavy atom. The predicted molar refractivity (Wildman–Crippen MR) is 120 cm³/mol. The fourth-order valence-electron chi connectivity index (χ4n) is 2.76. The Balaban J connectivity index is 1.34. The van der Waals surface area contributed by atoms with E-state index in [4.69, 9.17) is 9.47 Å². The third-order valence-electron chi connectivity index (χ3n) is 4.39. The Labute approximate surface area is 184 Å². The van der Waals surface area contributed by atoms with Gasteiger partial charge in [-0.3, -0.25) is 0 Å². The number of carbonyl (C=O) groups excluding carboxylic acids is 2. The molecule has 0 heterocycles. The largest absolute Gasteiger partial charge is 0.423 e. The highest BCUT2D eigenvalue weighted by Gasteiger charge is 2.08. The third kappa shape index (κ3) is 5.52. The van der Waals surface area contributed by atoms with Crippen molar-refractivity contribution in [2.24, 2.45) is 10.2 Å². The van der Waals surface area contributed by atoms with Crippen LogP contribution in [0.15, 0.2) is 119 Å². The standard InChI is InChI=1S/C26H18N2O4/c29-25(19-7-3-1-4-8-19)31-23-15-11-21(12-16-23)27-28-22-13-17-24(18-14-22)32-26(30)20-9-5-2-6-10-20/h1-18H. The van der Waals surface area contributed by atoms with E-state index in [1.807, 2.05) is 12.1 Å². The van der Waals surface area contributed by atoms with Crippen molar-refractivity contribution < 1.29 is 19.1 Å². The van der Waals surface area contributed by atoms with Gasteiger partial charge in [-0.2, -0.15) is 10.2 Å². The Bertz CT molecular complexity index is 1120. The van der Waals surface area contributed by atoms with Gasteiger partial charge in [-0.15, -0.1) is 0 Å². The number of azo groups is 1. The minimum absolute atomic E-state index is 0.419. The molecule has 0 aromatic heterocycles. The summed E-state index contributed by atoms with van der Waals surface area (Å²) in [7, 11) is 0. The summed E-state index contributed by atoms with van der Waals surface area (Å²) in [5.41, 5.74) is 2.16. The molecule has 0 atom stereocenters. The van der Waals surface area contributed by atoms with Gasteiger partial charge in [-0.1, -0.05) is 36.4 Å². The summed E-state index contributed by atoms with van der Waals surface area (Å²) in [5.74, 6) is -0.00848. The maximum Gasteiger partial charge on any atom is 0.343 e. The van der Waals surface area contributed by atoms with Crippen LogP contribution in [-0.4, -0.2) is 11.9 Å². The van der Waals surface area contributed by atoms with Gasteiger partial charge < -0.3 is 9.47 Å². The molecule has 6 nitrogen and oxygen atoms in total. The second-order valence-corrected chi connectivity index (χ2v) is 6.70. The topological polar surface area (TPSA) is 77.3 Å². The molecule has 156 valence electrons. The minimum atomic E-state index is -0.423. The van der Waals surface area contributed by atoms with Crippen LogP contribution in [0.2, 0.25) is 0 Å². The van der Waals surface area contributed by atoms with E-state index in [0.29, 0.717) is 34.0 Å². The smallest absolute Gasteiger partial charge is 0.343 e. The van der Waals surface area contributed by atoms with E-state index in [1.165, 1.54) is 0 Å². The zero-order valence-corrected chi connectivity index (χ0v) is 16.9. The first kappa shape index (κ1) is 20.7. The quantitative estimate of drug-likeness (QED) is 0.201. The zero-order chi connectivity index (χ0) is 22.2. The molecule has 0 amide bonds.